The molecule has 0 unspecified atom stereocenters. The Balaban J connectivity index is 1.93. The van der Waals surface area contributed by atoms with Crippen molar-refractivity contribution in [3.05, 3.63) is 29.3 Å². The van der Waals surface area contributed by atoms with E-state index in [1.807, 2.05) is 13.0 Å². The highest BCUT2D eigenvalue weighted by molar-refractivity contribution is 5.77. The van der Waals surface area contributed by atoms with Crippen LogP contribution in [0.5, 0.6) is 5.75 Å². The molecule has 1 aliphatic carbocycles. The lowest BCUT2D eigenvalue weighted by atomic mass is 10.1. The number of amides is 1. The third-order valence-electron chi connectivity index (χ3n) is 2.81. The summed E-state index contributed by atoms with van der Waals surface area (Å²) < 4.78 is 5.43. The van der Waals surface area contributed by atoms with Crippen LogP contribution in [-0.4, -0.2) is 19.1 Å². The molecule has 0 radical (unpaired) electrons. The first-order valence-corrected chi connectivity index (χ1v) is 5.81. The van der Waals surface area contributed by atoms with Gasteiger partial charge in [-0.2, -0.15) is 0 Å². The highest BCUT2D eigenvalue weighted by atomic mass is 16.5. The molecule has 0 spiro atoms. The molecule has 2 rings (SSSR count). The zero-order valence-corrected chi connectivity index (χ0v) is 9.58. The Morgan fingerprint density at radius 2 is 2.19 bits per heavy atom. The Hall–Kier alpha value is -1.51. The van der Waals surface area contributed by atoms with E-state index in [0.29, 0.717) is 6.54 Å². The van der Waals surface area contributed by atoms with Gasteiger partial charge in [0.1, 0.15) is 5.75 Å². The standard InChI is InChI=1S/C13H17NO2/c1-2-14-13(15)9-16-12-7-6-10-4-3-5-11(10)8-12/h6-8H,2-5,9H2,1H3,(H,14,15). The summed E-state index contributed by atoms with van der Waals surface area (Å²) in [5.41, 5.74) is 2.79. The SMILES string of the molecule is CCNC(=O)COc1ccc2c(c1)CCC2. The highest BCUT2D eigenvalue weighted by Crippen LogP contribution is 2.25. The second-order valence-corrected chi connectivity index (χ2v) is 4.03. The first kappa shape index (κ1) is 11.0. The van der Waals surface area contributed by atoms with Gasteiger partial charge >= 0.3 is 0 Å². The Bertz CT molecular complexity index is 388. The fourth-order valence-electron chi connectivity index (χ4n) is 2.04. The van der Waals surface area contributed by atoms with Crippen molar-refractivity contribution in [3.63, 3.8) is 0 Å². The van der Waals surface area contributed by atoms with E-state index in [1.54, 1.807) is 0 Å². The predicted octanol–water partition coefficient (Wildman–Crippen LogP) is 1.69. The van der Waals surface area contributed by atoms with Gasteiger partial charge in [0.25, 0.3) is 5.91 Å². The largest absolute Gasteiger partial charge is 0.484 e. The van der Waals surface area contributed by atoms with E-state index in [-0.39, 0.29) is 12.5 Å². The molecule has 0 atom stereocenters. The molecule has 0 aliphatic heterocycles. The number of carbonyl (C=O) groups excluding carboxylic acids is 1. The molecule has 1 aromatic rings. The van der Waals surface area contributed by atoms with E-state index in [9.17, 15) is 4.79 Å². The molecule has 1 amide bonds. The van der Waals surface area contributed by atoms with E-state index in [0.717, 1.165) is 12.2 Å². The second kappa shape index (κ2) is 5.01. The van der Waals surface area contributed by atoms with Crippen molar-refractivity contribution < 1.29 is 9.53 Å². The van der Waals surface area contributed by atoms with Crippen LogP contribution in [0.1, 0.15) is 24.5 Å². The monoisotopic (exact) mass is 219 g/mol. The number of carbonyl (C=O) groups is 1. The number of hydrogen-bond acceptors (Lipinski definition) is 2. The molecule has 0 saturated heterocycles. The van der Waals surface area contributed by atoms with Crippen LogP contribution >= 0.6 is 0 Å². The Morgan fingerprint density at radius 1 is 1.38 bits per heavy atom. The zero-order chi connectivity index (χ0) is 11.4. The maximum Gasteiger partial charge on any atom is 0.257 e. The Morgan fingerprint density at radius 3 is 3.00 bits per heavy atom. The van der Waals surface area contributed by atoms with E-state index in [2.05, 4.69) is 17.4 Å². The van der Waals surface area contributed by atoms with E-state index < -0.39 is 0 Å². The van der Waals surface area contributed by atoms with Crippen LogP contribution in [0.25, 0.3) is 0 Å². The van der Waals surface area contributed by atoms with Gasteiger partial charge in [-0.15, -0.1) is 0 Å². The summed E-state index contributed by atoms with van der Waals surface area (Å²) in [6.07, 6.45) is 3.54. The third-order valence-corrected chi connectivity index (χ3v) is 2.81. The van der Waals surface area contributed by atoms with Gasteiger partial charge in [-0.25, -0.2) is 0 Å². The fraction of sp³-hybridized carbons (Fsp3) is 0.462. The van der Waals surface area contributed by atoms with Crippen molar-refractivity contribution in [3.8, 4) is 5.75 Å². The van der Waals surface area contributed by atoms with Crippen LogP contribution in [-0.2, 0) is 17.6 Å². The average Bonchev–Trinajstić information content (AvgIpc) is 2.74. The first-order valence-electron chi connectivity index (χ1n) is 5.81. The van der Waals surface area contributed by atoms with Gasteiger partial charge < -0.3 is 10.1 Å². The molecular weight excluding hydrogens is 202 g/mol. The molecule has 1 aliphatic rings. The fourth-order valence-corrected chi connectivity index (χ4v) is 2.04. The number of nitrogens with one attached hydrogen (secondary N) is 1. The van der Waals surface area contributed by atoms with Gasteiger partial charge in [-0.1, -0.05) is 6.07 Å². The number of fused-ring (bicyclic) bond motifs is 1. The van der Waals surface area contributed by atoms with E-state index >= 15 is 0 Å². The van der Waals surface area contributed by atoms with Crippen molar-refractivity contribution in [1.29, 1.82) is 0 Å². The van der Waals surface area contributed by atoms with Crippen LogP contribution in [0.3, 0.4) is 0 Å². The molecule has 1 N–H and O–H groups in total. The maximum atomic E-state index is 11.2. The molecule has 3 nitrogen and oxygen atoms in total. The van der Waals surface area contributed by atoms with Gasteiger partial charge in [0.05, 0.1) is 0 Å². The Labute approximate surface area is 95.8 Å². The number of benzene rings is 1. The van der Waals surface area contributed by atoms with Gasteiger partial charge in [-0.3, -0.25) is 4.79 Å². The van der Waals surface area contributed by atoms with Gasteiger partial charge in [0.2, 0.25) is 0 Å². The predicted molar refractivity (Wildman–Crippen MR) is 62.6 cm³/mol. The molecule has 1 aromatic carbocycles. The summed E-state index contributed by atoms with van der Waals surface area (Å²) in [4.78, 5) is 11.2. The van der Waals surface area contributed by atoms with Crippen LogP contribution in [0.15, 0.2) is 18.2 Å². The molecule has 3 heteroatoms. The van der Waals surface area contributed by atoms with Gasteiger partial charge in [0, 0.05) is 6.54 Å². The summed E-state index contributed by atoms with van der Waals surface area (Å²) in [5.74, 6) is 0.731. The number of aryl methyl sites for hydroxylation is 2. The lowest BCUT2D eigenvalue weighted by Gasteiger charge is -2.07. The lowest BCUT2D eigenvalue weighted by Crippen LogP contribution is -2.28. The average molecular weight is 219 g/mol. The van der Waals surface area contributed by atoms with Crippen LogP contribution in [0.4, 0.5) is 0 Å². The van der Waals surface area contributed by atoms with Gasteiger partial charge in [-0.05, 0) is 49.4 Å². The maximum absolute atomic E-state index is 11.2. The molecule has 86 valence electrons. The molecular formula is C13H17NO2. The minimum Gasteiger partial charge on any atom is -0.484 e. The summed E-state index contributed by atoms with van der Waals surface area (Å²) in [6.45, 7) is 2.65. The quantitative estimate of drug-likeness (QED) is 0.837. The molecule has 0 saturated carbocycles. The molecule has 16 heavy (non-hydrogen) atoms. The minimum absolute atomic E-state index is 0.0667. The van der Waals surface area contributed by atoms with Crippen molar-refractivity contribution >= 4 is 5.91 Å². The lowest BCUT2D eigenvalue weighted by molar-refractivity contribution is -0.122. The Kier molecular flexibility index (Phi) is 3.44. The third kappa shape index (κ3) is 2.54. The molecule has 0 aromatic heterocycles. The summed E-state index contributed by atoms with van der Waals surface area (Å²) in [6, 6.07) is 6.11. The van der Waals surface area contributed by atoms with Crippen LogP contribution in [0, 0.1) is 0 Å². The number of hydrogen-bond donors (Lipinski definition) is 1. The highest BCUT2D eigenvalue weighted by Gasteiger charge is 2.11. The molecule has 0 fully saturated rings. The van der Waals surface area contributed by atoms with Crippen molar-refractivity contribution in [2.45, 2.75) is 26.2 Å². The van der Waals surface area contributed by atoms with Gasteiger partial charge in [0.15, 0.2) is 6.61 Å². The first-order chi connectivity index (χ1) is 7.79. The number of ether oxygens (including phenoxy) is 1. The van der Waals surface area contributed by atoms with Crippen LogP contribution in [0.2, 0.25) is 0 Å². The number of likely N-dealkylation sites (N-methyl/N-ethyl adjacent to an activating group) is 1. The smallest absolute Gasteiger partial charge is 0.257 e. The van der Waals surface area contributed by atoms with Crippen molar-refractivity contribution in [2.24, 2.45) is 0 Å². The van der Waals surface area contributed by atoms with Crippen molar-refractivity contribution in [1.82, 2.24) is 5.32 Å². The van der Waals surface area contributed by atoms with E-state index in [4.69, 9.17) is 4.74 Å². The minimum atomic E-state index is -0.0667. The topological polar surface area (TPSA) is 38.3 Å². The normalized spacial score (nSPS) is 13.3. The molecule has 0 heterocycles. The van der Waals surface area contributed by atoms with Crippen molar-refractivity contribution in [2.75, 3.05) is 13.2 Å². The molecule has 0 bridgehead atoms. The summed E-state index contributed by atoms with van der Waals surface area (Å²) >= 11 is 0. The summed E-state index contributed by atoms with van der Waals surface area (Å²) in [5, 5.41) is 2.70. The van der Waals surface area contributed by atoms with Crippen LogP contribution < -0.4 is 10.1 Å². The summed E-state index contributed by atoms with van der Waals surface area (Å²) in [7, 11) is 0. The zero-order valence-electron chi connectivity index (χ0n) is 9.58. The second-order valence-electron chi connectivity index (χ2n) is 4.03. The number of rotatable bonds is 4. The van der Waals surface area contributed by atoms with E-state index in [1.165, 1.54) is 24.0 Å².